The summed E-state index contributed by atoms with van der Waals surface area (Å²) in [6.45, 7) is -2.86. The third kappa shape index (κ3) is 2.72. The highest BCUT2D eigenvalue weighted by Crippen LogP contribution is 2.30. The number of hydrogen-bond acceptors (Lipinski definition) is 2. The Morgan fingerprint density at radius 3 is 2.71 bits per heavy atom. The van der Waals surface area contributed by atoms with E-state index in [0.717, 1.165) is 0 Å². The number of alkyl halides is 2. The van der Waals surface area contributed by atoms with Crippen LogP contribution in [0.3, 0.4) is 0 Å². The molecular formula is C13H9F2O2. The molecule has 0 aliphatic rings. The van der Waals surface area contributed by atoms with E-state index in [9.17, 15) is 13.9 Å². The van der Waals surface area contributed by atoms with Crippen LogP contribution in [0.5, 0.6) is 11.5 Å². The van der Waals surface area contributed by atoms with Crippen molar-refractivity contribution in [2.24, 2.45) is 0 Å². The molecule has 0 atom stereocenters. The van der Waals surface area contributed by atoms with Gasteiger partial charge in [0.15, 0.2) is 0 Å². The Labute approximate surface area is 97.1 Å². The fourth-order valence-corrected chi connectivity index (χ4v) is 1.49. The van der Waals surface area contributed by atoms with Gasteiger partial charge in [0.05, 0.1) is 0 Å². The third-order valence-corrected chi connectivity index (χ3v) is 2.18. The van der Waals surface area contributed by atoms with E-state index >= 15 is 0 Å². The van der Waals surface area contributed by atoms with Gasteiger partial charge in [0.2, 0.25) is 0 Å². The van der Waals surface area contributed by atoms with Crippen LogP contribution in [-0.4, -0.2) is 11.7 Å². The van der Waals surface area contributed by atoms with E-state index in [2.05, 4.69) is 10.8 Å². The normalized spacial score (nSPS) is 10.5. The molecule has 0 saturated heterocycles. The highest BCUT2D eigenvalue weighted by atomic mass is 19.3. The Bertz CT molecular complexity index is 512. The zero-order valence-electron chi connectivity index (χ0n) is 8.73. The standard InChI is InChI=1S/C13H9F2O2/c14-13(15)17-10-5-3-4-9(8-10)11-6-1-2-7-12(11)16/h1-5,7-8,13,16H. The first-order valence-electron chi connectivity index (χ1n) is 4.92. The first-order chi connectivity index (χ1) is 8.16. The van der Waals surface area contributed by atoms with Crippen molar-refractivity contribution in [3.8, 4) is 22.6 Å². The summed E-state index contributed by atoms with van der Waals surface area (Å²) < 4.78 is 28.4. The number of benzene rings is 2. The molecule has 0 saturated carbocycles. The molecule has 0 aromatic heterocycles. The molecule has 4 heteroatoms. The van der Waals surface area contributed by atoms with Crippen LogP contribution in [0.15, 0.2) is 42.5 Å². The maximum atomic E-state index is 12.1. The second-order valence-electron chi connectivity index (χ2n) is 3.34. The molecule has 0 unspecified atom stereocenters. The molecule has 0 aliphatic carbocycles. The smallest absolute Gasteiger partial charge is 0.387 e. The minimum atomic E-state index is -2.86. The van der Waals surface area contributed by atoms with Crippen molar-refractivity contribution in [3.63, 3.8) is 0 Å². The lowest BCUT2D eigenvalue weighted by atomic mass is 10.0. The molecule has 17 heavy (non-hydrogen) atoms. The van der Waals surface area contributed by atoms with Crippen LogP contribution >= 0.6 is 0 Å². The van der Waals surface area contributed by atoms with Gasteiger partial charge < -0.3 is 9.84 Å². The molecule has 0 fully saturated rings. The number of ether oxygens (including phenoxy) is 1. The van der Waals surface area contributed by atoms with Gasteiger partial charge >= 0.3 is 6.61 Å². The Morgan fingerprint density at radius 2 is 2.00 bits per heavy atom. The Hall–Kier alpha value is -2.10. The van der Waals surface area contributed by atoms with Gasteiger partial charge in [-0.1, -0.05) is 24.3 Å². The maximum absolute atomic E-state index is 12.1. The topological polar surface area (TPSA) is 29.5 Å². The number of rotatable bonds is 3. The van der Waals surface area contributed by atoms with Crippen molar-refractivity contribution in [2.75, 3.05) is 0 Å². The number of halogens is 2. The average molecular weight is 235 g/mol. The van der Waals surface area contributed by atoms with Crippen LogP contribution in [0.25, 0.3) is 11.1 Å². The zero-order valence-corrected chi connectivity index (χ0v) is 8.73. The fourth-order valence-electron chi connectivity index (χ4n) is 1.49. The van der Waals surface area contributed by atoms with Gasteiger partial charge in [0.1, 0.15) is 11.5 Å². The molecule has 87 valence electrons. The molecule has 2 aromatic carbocycles. The summed E-state index contributed by atoms with van der Waals surface area (Å²) in [7, 11) is 0. The van der Waals surface area contributed by atoms with Crippen molar-refractivity contribution in [1.29, 1.82) is 0 Å². The molecule has 0 spiro atoms. The Balaban J connectivity index is 2.37. The van der Waals surface area contributed by atoms with Crippen molar-refractivity contribution in [1.82, 2.24) is 0 Å². The highest BCUT2D eigenvalue weighted by molar-refractivity contribution is 5.70. The third-order valence-electron chi connectivity index (χ3n) is 2.18. The van der Waals surface area contributed by atoms with Crippen LogP contribution in [0.2, 0.25) is 0 Å². The molecule has 0 bridgehead atoms. The van der Waals surface area contributed by atoms with Gasteiger partial charge in [-0.3, -0.25) is 0 Å². The van der Waals surface area contributed by atoms with Crippen LogP contribution in [0.4, 0.5) is 8.78 Å². The van der Waals surface area contributed by atoms with E-state index < -0.39 is 6.61 Å². The quantitative estimate of drug-likeness (QED) is 0.882. The lowest BCUT2D eigenvalue weighted by Crippen LogP contribution is -2.01. The second kappa shape index (κ2) is 4.82. The van der Waals surface area contributed by atoms with Gasteiger partial charge in [0, 0.05) is 5.56 Å². The Morgan fingerprint density at radius 1 is 1.18 bits per heavy atom. The van der Waals surface area contributed by atoms with Gasteiger partial charge in [-0.15, -0.1) is 0 Å². The van der Waals surface area contributed by atoms with E-state index in [1.54, 1.807) is 24.3 Å². The van der Waals surface area contributed by atoms with Gasteiger partial charge in [0.25, 0.3) is 0 Å². The van der Waals surface area contributed by atoms with Crippen molar-refractivity contribution in [3.05, 3.63) is 48.5 Å². The predicted molar refractivity (Wildman–Crippen MR) is 59.0 cm³/mol. The minimum Gasteiger partial charge on any atom is -0.507 e. The molecule has 1 radical (unpaired) electrons. The summed E-state index contributed by atoms with van der Waals surface area (Å²) in [6, 6.07) is 13.7. The molecule has 0 aliphatic heterocycles. The summed E-state index contributed by atoms with van der Waals surface area (Å²) >= 11 is 0. The average Bonchev–Trinajstić information content (AvgIpc) is 2.29. The van der Waals surface area contributed by atoms with Crippen LogP contribution < -0.4 is 4.74 Å². The van der Waals surface area contributed by atoms with Crippen molar-refractivity contribution < 1.29 is 18.6 Å². The van der Waals surface area contributed by atoms with E-state index in [1.165, 1.54) is 18.2 Å². The number of phenolic OH excluding ortho intramolecular Hbond substituents is 1. The predicted octanol–water partition coefficient (Wildman–Crippen LogP) is 3.46. The van der Waals surface area contributed by atoms with Crippen LogP contribution in [0.1, 0.15) is 0 Å². The number of aromatic hydroxyl groups is 1. The molecule has 1 N–H and O–H groups in total. The van der Waals surface area contributed by atoms with Crippen LogP contribution in [-0.2, 0) is 0 Å². The minimum absolute atomic E-state index is 0.0432. The molecular weight excluding hydrogens is 226 g/mol. The Kier molecular flexibility index (Phi) is 3.23. The van der Waals surface area contributed by atoms with Gasteiger partial charge in [-0.05, 0) is 29.8 Å². The molecule has 2 nitrogen and oxygen atoms in total. The lowest BCUT2D eigenvalue weighted by Gasteiger charge is -2.07. The van der Waals surface area contributed by atoms with Crippen molar-refractivity contribution in [2.45, 2.75) is 6.61 Å². The second-order valence-corrected chi connectivity index (χ2v) is 3.34. The summed E-state index contributed by atoms with van der Waals surface area (Å²) in [5.41, 5.74) is 1.02. The monoisotopic (exact) mass is 235 g/mol. The van der Waals surface area contributed by atoms with E-state index in [1.807, 2.05) is 0 Å². The van der Waals surface area contributed by atoms with E-state index in [-0.39, 0.29) is 11.5 Å². The number of hydrogen-bond donors (Lipinski definition) is 1. The lowest BCUT2D eigenvalue weighted by molar-refractivity contribution is -0.0498. The summed E-state index contributed by atoms with van der Waals surface area (Å²) in [5, 5.41) is 9.62. The zero-order chi connectivity index (χ0) is 12.3. The largest absolute Gasteiger partial charge is 0.507 e. The number of phenols is 1. The van der Waals surface area contributed by atoms with E-state index in [0.29, 0.717) is 11.1 Å². The van der Waals surface area contributed by atoms with Gasteiger partial charge in [-0.2, -0.15) is 8.78 Å². The highest BCUT2D eigenvalue weighted by Gasteiger charge is 2.07. The van der Waals surface area contributed by atoms with Crippen molar-refractivity contribution >= 4 is 0 Å². The first-order valence-corrected chi connectivity index (χ1v) is 4.92. The first kappa shape index (κ1) is 11.4. The van der Waals surface area contributed by atoms with Crippen LogP contribution in [0, 0.1) is 6.07 Å². The summed E-state index contributed by atoms with van der Waals surface area (Å²) in [5.74, 6) is 0.0934. The maximum Gasteiger partial charge on any atom is 0.387 e. The summed E-state index contributed by atoms with van der Waals surface area (Å²) in [4.78, 5) is 0. The molecule has 2 rings (SSSR count). The fraction of sp³-hybridized carbons (Fsp3) is 0.0769. The van der Waals surface area contributed by atoms with E-state index in [4.69, 9.17) is 0 Å². The molecule has 2 aromatic rings. The van der Waals surface area contributed by atoms with Gasteiger partial charge in [-0.25, -0.2) is 0 Å². The molecule has 0 heterocycles. The SMILES string of the molecule is Oc1ccc[c]c1-c1cccc(OC(F)F)c1. The molecule has 0 amide bonds. The summed E-state index contributed by atoms with van der Waals surface area (Å²) in [6.07, 6.45) is 0.